The van der Waals surface area contributed by atoms with Crippen LogP contribution in [0.1, 0.15) is 42.7 Å². The molecule has 256 valence electrons. The normalized spacial score (nSPS) is 20.0. The van der Waals surface area contributed by atoms with Gasteiger partial charge in [0.2, 0.25) is 5.28 Å². The number of aryl methyl sites for hydroxylation is 1. The molecule has 4 N–H and O–H groups in total. The average molecular weight is 713 g/mol. The SMILES string of the molecule is C#CCOCCOCCOCCOCCN(c1nc(Cl)nc2c1cnn2C1CCC(CP(O)[P+](O)(O)O)O1)C1CCc2ccccc21. The number of benzene rings is 1. The van der Waals surface area contributed by atoms with E-state index in [9.17, 15) is 19.6 Å². The molecule has 1 fully saturated rings. The summed E-state index contributed by atoms with van der Waals surface area (Å²) in [5.74, 6) is 3.05. The third kappa shape index (κ3) is 9.76. The maximum atomic E-state index is 10.0. The second-order valence-corrected chi connectivity index (χ2v) is 16.6. The van der Waals surface area contributed by atoms with Crippen molar-refractivity contribution < 1.29 is 43.3 Å². The minimum absolute atomic E-state index is 0.0419. The lowest BCUT2D eigenvalue weighted by Gasteiger charge is -2.31. The van der Waals surface area contributed by atoms with Crippen LogP contribution in [-0.4, -0.2) is 111 Å². The standard InChI is InChI=1S/C30H41ClN5O9P2/c1-2-12-41-14-16-43-18-19-44-17-15-42-13-11-35(26-9-7-22-5-3-4-6-24(22)26)28-25-20-32-36(29(25)34-30(31)33-28)27-10-8-23(45-27)21-46(37)47(38,39)40/h1,3-6,20,23,26-27,37-40H,7-19,21H2/q+1. The number of halogens is 1. The van der Waals surface area contributed by atoms with E-state index in [1.165, 1.54) is 11.1 Å². The molecule has 1 saturated heterocycles. The Hall–Kier alpha value is -2.08. The highest BCUT2D eigenvalue weighted by Crippen LogP contribution is 2.74. The van der Waals surface area contributed by atoms with Crippen molar-refractivity contribution in [2.24, 2.45) is 0 Å². The highest BCUT2D eigenvalue weighted by molar-refractivity contribution is 8.28. The molecule has 0 saturated carbocycles. The second-order valence-electron chi connectivity index (χ2n) is 11.1. The third-order valence-electron chi connectivity index (χ3n) is 7.97. The zero-order valence-corrected chi connectivity index (χ0v) is 28.5. The first kappa shape index (κ1) is 36.2. The summed E-state index contributed by atoms with van der Waals surface area (Å²) in [5, 5.41) is 5.36. The van der Waals surface area contributed by atoms with Crippen molar-refractivity contribution in [1.29, 1.82) is 0 Å². The molecular weight excluding hydrogens is 672 g/mol. The van der Waals surface area contributed by atoms with Crippen LogP contribution in [0.4, 0.5) is 5.82 Å². The van der Waals surface area contributed by atoms with Gasteiger partial charge in [0.25, 0.3) is 7.84 Å². The molecule has 4 atom stereocenters. The highest BCUT2D eigenvalue weighted by atomic mass is 35.5. The Labute approximate surface area is 280 Å². The van der Waals surface area contributed by atoms with Crippen LogP contribution in [0.3, 0.4) is 0 Å². The van der Waals surface area contributed by atoms with Gasteiger partial charge in [-0.1, -0.05) is 30.2 Å². The lowest BCUT2D eigenvalue weighted by Crippen LogP contribution is -2.32. The number of rotatable bonds is 19. The van der Waals surface area contributed by atoms with Gasteiger partial charge in [-0.25, -0.2) is 4.68 Å². The first-order chi connectivity index (χ1) is 22.8. The number of fused-ring (bicyclic) bond motifs is 2. The number of hydrogen-bond donors (Lipinski definition) is 4. The molecule has 0 bridgehead atoms. The number of nitrogens with zero attached hydrogens (tertiary/aromatic N) is 5. The maximum Gasteiger partial charge on any atom is 0.449 e. The zero-order valence-electron chi connectivity index (χ0n) is 25.9. The van der Waals surface area contributed by atoms with Crippen LogP contribution in [0.25, 0.3) is 11.0 Å². The molecule has 3 heterocycles. The van der Waals surface area contributed by atoms with Gasteiger partial charge in [-0.05, 0) is 48.4 Å². The molecule has 17 heteroatoms. The quantitative estimate of drug-likeness (QED) is 0.0617. The molecule has 2 aromatic heterocycles. The van der Waals surface area contributed by atoms with E-state index < -0.39 is 27.8 Å². The first-order valence-electron chi connectivity index (χ1n) is 15.5. The average Bonchev–Trinajstić information content (AvgIpc) is 3.79. The predicted octanol–water partition coefficient (Wildman–Crippen LogP) is 3.39. The number of ether oxygens (including phenoxy) is 5. The Balaban J connectivity index is 1.24. The van der Waals surface area contributed by atoms with E-state index in [2.05, 4.69) is 44.1 Å². The van der Waals surface area contributed by atoms with E-state index in [4.69, 9.17) is 41.7 Å². The summed E-state index contributed by atoms with van der Waals surface area (Å²) in [5.41, 5.74) is 3.03. The fourth-order valence-corrected chi connectivity index (χ4v) is 8.04. The number of aromatic nitrogens is 4. The van der Waals surface area contributed by atoms with Crippen LogP contribution in [0.2, 0.25) is 5.28 Å². The third-order valence-corrected chi connectivity index (χ3v) is 11.8. The van der Waals surface area contributed by atoms with Crippen molar-refractivity contribution in [3.8, 4) is 12.3 Å². The molecule has 3 aromatic rings. The number of anilines is 1. The molecule has 1 aromatic carbocycles. The molecule has 0 spiro atoms. The van der Waals surface area contributed by atoms with E-state index in [0.29, 0.717) is 82.5 Å². The smallest absolute Gasteiger partial charge is 0.377 e. The van der Waals surface area contributed by atoms with Crippen molar-refractivity contribution in [1.82, 2.24) is 19.7 Å². The maximum absolute atomic E-state index is 10.0. The summed E-state index contributed by atoms with van der Waals surface area (Å²) in [6, 6.07) is 8.43. The lowest BCUT2D eigenvalue weighted by atomic mass is 10.1. The molecule has 1 aliphatic carbocycles. The minimum atomic E-state index is -4.32. The Morgan fingerprint density at radius 2 is 1.70 bits per heavy atom. The van der Waals surface area contributed by atoms with Crippen molar-refractivity contribution >= 4 is 43.9 Å². The van der Waals surface area contributed by atoms with Gasteiger partial charge in [-0.15, -0.1) is 6.42 Å². The lowest BCUT2D eigenvalue weighted by molar-refractivity contribution is 0.00201. The van der Waals surface area contributed by atoms with Gasteiger partial charge in [0.15, 0.2) is 11.9 Å². The minimum Gasteiger partial charge on any atom is -0.377 e. The summed E-state index contributed by atoms with van der Waals surface area (Å²) in [4.78, 5) is 49.7. The number of hydrogen-bond acceptors (Lipinski definition) is 13. The van der Waals surface area contributed by atoms with E-state index in [-0.39, 0.29) is 24.1 Å². The van der Waals surface area contributed by atoms with Gasteiger partial charge in [0.05, 0.1) is 76.1 Å². The Morgan fingerprint density at radius 1 is 1.00 bits per heavy atom. The fourth-order valence-electron chi connectivity index (χ4n) is 5.83. The van der Waals surface area contributed by atoms with Gasteiger partial charge < -0.3 is 33.5 Å². The molecule has 0 radical (unpaired) electrons. The van der Waals surface area contributed by atoms with Crippen molar-refractivity contribution in [3.63, 3.8) is 0 Å². The van der Waals surface area contributed by atoms with Crippen molar-refractivity contribution in [2.75, 3.05) is 70.5 Å². The topological polar surface area (TPSA) is 174 Å². The summed E-state index contributed by atoms with van der Waals surface area (Å²) in [6.07, 6.45) is 8.73. The van der Waals surface area contributed by atoms with Crippen LogP contribution in [0.15, 0.2) is 30.5 Å². The van der Waals surface area contributed by atoms with Crippen LogP contribution >= 0.6 is 27.1 Å². The van der Waals surface area contributed by atoms with Crippen LogP contribution in [0, 0.1) is 12.3 Å². The van der Waals surface area contributed by atoms with Crippen LogP contribution < -0.4 is 4.90 Å². The van der Waals surface area contributed by atoms with E-state index in [1.807, 2.05) is 6.07 Å². The molecular formula is C30H41ClN5O9P2+. The summed E-state index contributed by atoms with van der Waals surface area (Å²) in [7, 11) is -6.69. The Bertz CT molecular complexity index is 1490. The molecule has 2 aliphatic rings. The van der Waals surface area contributed by atoms with Gasteiger partial charge in [0.1, 0.15) is 12.4 Å². The monoisotopic (exact) mass is 712 g/mol. The van der Waals surface area contributed by atoms with E-state index in [0.717, 1.165) is 12.8 Å². The molecule has 1 aliphatic heterocycles. The van der Waals surface area contributed by atoms with Crippen molar-refractivity contribution in [3.05, 3.63) is 46.9 Å². The van der Waals surface area contributed by atoms with Gasteiger partial charge in [-0.2, -0.15) is 29.7 Å². The summed E-state index contributed by atoms with van der Waals surface area (Å²) >= 11 is 6.53. The first-order valence-corrected chi connectivity index (χ1v) is 19.7. The molecule has 4 unspecified atom stereocenters. The van der Waals surface area contributed by atoms with E-state index >= 15 is 0 Å². The fraction of sp³-hybridized carbons (Fsp3) is 0.567. The molecule has 5 rings (SSSR count). The molecule has 0 amide bonds. The predicted molar refractivity (Wildman–Crippen MR) is 178 cm³/mol. The number of terminal acetylenes is 1. The Morgan fingerprint density at radius 3 is 2.43 bits per heavy atom. The van der Waals surface area contributed by atoms with Crippen molar-refractivity contribution in [2.45, 2.75) is 44.1 Å². The largest absolute Gasteiger partial charge is 0.449 e. The van der Waals surface area contributed by atoms with Gasteiger partial charge >= 0.3 is 7.63 Å². The molecule has 14 nitrogen and oxygen atoms in total. The van der Waals surface area contributed by atoms with Crippen LogP contribution in [0.5, 0.6) is 0 Å². The van der Waals surface area contributed by atoms with Gasteiger partial charge in [0, 0.05) is 6.54 Å². The van der Waals surface area contributed by atoms with Gasteiger partial charge in [-0.3, -0.25) is 0 Å². The Kier molecular flexibility index (Phi) is 13.5. The highest BCUT2D eigenvalue weighted by Gasteiger charge is 2.46. The van der Waals surface area contributed by atoms with E-state index in [1.54, 1.807) is 10.9 Å². The zero-order chi connectivity index (χ0) is 33.2. The summed E-state index contributed by atoms with van der Waals surface area (Å²) < 4.78 is 29.9. The van der Waals surface area contributed by atoms with Crippen LogP contribution in [-0.2, 0) is 30.1 Å². The second kappa shape index (κ2) is 17.5. The summed E-state index contributed by atoms with van der Waals surface area (Å²) in [6.45, 7) is 3.89. The molecule has 47 heavy (non-hydrogen) atoms.